The lowest BCUT2D eigenvalue weighted by atomic mass is 10.1. The number of rotatable bonds is 2. The van der Waals surface area contributed by atoms with Gasteiger partial charge in [0.15, 0.2) is 0 Å². The van der Waals surface area contributed by atoms with Crippen LogP contribution in [0.15, 0.2) is 22.7 Å². The molecule has 0 radical (unpaired) electrons. The summed E-state index contributed by atoms with van der Waals surface area (Å²) >= 11 is 3.24. The van der Waals surface area contributed by atoms with Crippen LogP contribution in [0.25, 0.3) is 0 Å². The number of benzene rings is 1. The Kier molecular flexibility index (Phi) is 4.72. The van der Waals surface area contributed by atoms with E-state index in [9.17, 15) is 9.18 Å². The SMILES string of the molecule is O=C(Nc1ccc(F)cc1Br)C1CCCCCN1. The van der Waals surface area contributed by atoms with Crippen molar-refractivity contribution in [3.8, 4) is 0 Å². The van der Waals surface area contributed by atoms with Crippen molar-refractivity contribution in [3.63, 3.8) is 0 Å². The maximum atomic E-state index is 12.9. The van der Waals surface area contributed by atoms with Gasteiger partial charge in [-0.1, -0.05) is 12.8 Å². The molecule has 1 unspecified atom stereocenters. The third-order valence-electron chi connectivity index (χ3n) is 3.07. The fourth-order valence-electron chi connectivity index (χ4n) is 2.06. The highest BCUT2D eigenvalue weighted by Crippen LogP contribution is 2.23. The van der Waals surface area contributed by atoms with Gasteiger partial charge >= 0.3 is 0 Å². The van der Waals surface area contributed by atoms with E-state index in [2.05, 4.69) is 26.6 Å². The van der Waals surface area contributed by atoms with Crippen LogP contribution in [0.2, 0.25) is 0 Å². The minimum atomic E-state index is -0.326. The number of halogens is 2. The van der Waals surface area contributed by atoms with Gasteiger partial charge in [0.2, 0.25) is 5.91 Å². The monoisotopic (exact) mass is 314 g/mol. The van der Waals surface area contributed by atoms with Crippen molar-refractivity contribution in [3.05, 3.63) is 28.5 Å². The second-order valence-corrected chi connectivity index (χ2v) is 5.32. The van der Waals surface area contributed by atoms with E-state index >= 15 is 0 Å². The van der Waals surface area contributed by atoms with E-state index in [4.69, 9.17) is 0 Å². The summed E-state index contributed by atoms with van der Waals surface area (Å²) in [5.74, 6) is -0.378. The second kappa shape index (κ2) is 6.29. The lowest BCUT2D eigenvalue weighted by Crippen LogP contribution is -2.39. The van der Waals surface area contributed by atoms with Gasteiger partial charge in [-0.15, -0.1) is 0 Å². The maximum Gasteiger partial charge on any atom is 0.241 e. The molecule has 0 aliphatic carbocycles. The smallest absolute Gasteiger partial charge is 0.241 e. The molecule has 0 aromatic heterocycles. The minimum absolute atomic E-state index is 0.0517. The highest BCUT2D eigenvalue weighted by Gasteiger charge is 2.20. The number of carbonyl (C=O) groups is 1. The molecule has 1 aliphatic heterocycles. The molecule has 0 saturated carbocycles. The quantitative estimate of drug-likeness (QED) is 0.881. The van der Waals surface area contributed by atoms with E-state index in [0.29, 0.717) is 10.2 Å². The average Bonchev–Trinajstić information content (AvgIpc) is 2.61. The summed E-state index contributed by atoms with van der Waals surface area (Å²) in [6.45, 7) is 0.878. The second-order valence-electron chi connectivity index (χ2n) is 4.47. The molecule has 2 rings (SSSR count). The summed E-state index contributed by atoms with van der Waals surface area (Å²) in [7, 11) is 0. The Bertz CT molecular complexity index is 431. The molecule has 18 heavy (non-hydrogen) atoms. The molecule has 5 heteroatoms. The Morgan fingerprint density at radius 1 is 1.39 bits per heavy atom. The lowest BCUT2D eigenvalue weighted by molar-refractivity contribution is -0.118. The topological polar surface area (TPSA) is 41.1 Å². The van der Waals surface area contributed by atoms with Crippen LogP contribution in [-0.4, -0.2) is 18.5 Å². The van der Waals surface area contributed by atoms with Gasteiger partial charge in [0.1, 0.15) is 5.82 Å². The van der Waals surface area contributed by atoms with Crippen LogP contribution in [0, 0.1) is 5.82 Å². The number of anilines is 1. The Morgan fingerprint density at radius 2 is 2.22 bits per heavy atom. The molecule has 1 amide bonds. The summed E-state index contributed by atoms with van der Waals surface area (Å²) < 4.78 is 13.5. The zero-order valence-electron chi connectivity index (χ0n) is 10.0. The molecular weight excluding hydrogens is 299 g/mol. The molecule has 1 aromatic rings. The molecule has 3 nitrogen and oxygen atoms in total. The standard InChI is InChI=1S/C13H16BrFN2O/c14-10-8-9(15)5-6-11(10)17-13(18)12-4-2-1-3-7-16-12/h5-6,8,12,16H,1-4,7H2,(H,17,18). The van der Waals surface area contributed by atoms with Crippen LogP contribution in [0.4, 0.5) is 10.1 Å². The van der Waals surface area contributed by atoms with Crippen LogP contribution in [0.5, 0.6) is 0 Å². The molecule has 1 aliphatic rings. The maximum absolute atomic E-state index is 12.9. The number of hydrogen-bond acceptors (Lipinski definition) is 2. The van der Waals surface area contributed by atoms with Crippen LogP contribution >= 0.6 is 15.9 Å². The first-order chi connectivity index (χ1) is 8.66. The van der Waals surface area contributed by atoms with Crippen molar-refractivity contribution in [2.75, 3.05) is 11.9 Å². The Hall–Kier alpha value is -0.940. The summed E-state index contributed by atoms with van der Waals surface area (Å²) in [6.07, 6.45) is 4.20. The van der Waals surface area contributed by atoms with E-state index in [1.165, 1.54) is 12.1 Å². The lowest BCUT2D eigenvalue weighted by Gasteiger charge is -2.16. The van der Waals surface area contributed by atoms with Crippen molar-refractivity contribution in [2.45, 2.75) is 31.7 Å². The minimum Gasteiger partial charge on any atom is -0.324 e. The van der Waals surface area contributed by atoms with Gasteiger partial charge in [0.25, 0.3) is 0 Å². The fourth-order valence-corrected chi connectivity index (χ4v) is 2.51. The van der Waals surface area contributed by atoms with Crippen molar-refractivity contribution >= 4 is 27.5 Å². The Morgan fingerprint density at radius 3 is 3.00 bits per heavy atom. The zero-order chi connectivity index (χ0) is 13.0. The Balaban J connectivity index is 2.01. The van der Waals surface area contributed by atoms with Crippen molar-refractivity contribution < 1.29 is 9.18 Å². The third-order valence-corrected chi connectivity index (χ3v) is 3.72. The molecule has 1 heterocycles. The van der Waals surface area contributed by atoms with Crippen molar-refractivity contribution in [1.29, 1.82) is 0 Å². The molecular formula is C13H16BrFN2O. The summed E-state index contributed by atoms with van der Waals surface area (Å²) in [6, 6.07) is 4.09. The fraction of sp³-hybridized carbons (Fsp3) is 0.462. The van der Waals surface area contributed by atoms with E-state index in [0.717, 1.165) is 32.2 Å². The number of carbonyl (C=O) groups excluding carboxylic acids is 1. The first-order valence-electron chi connectivity index (χ1n) is 6.16. The summed E-state index contributed by atoms with van der Waals surface area (Å²) in [5, 5.41) is 6.05. The highest BCUT2D eigenvalue weighted by molar-refractivity contribution is 9.10. The molecule has 2 N–H and O–H groups in total. The number of amides is 1. The number of nitrogens with one attached hydrogen (secondary N) is 2. The first kappa shape index (κ1) is 13.5. The Labute approximate surface area is 114 Å². The largest absolute Gasteiger partial charge is 0.324 e. The van der Waals surface area contributed by atoms with Gasteiger partial charge in [0, 0.05) is 4.47 Å². The first-order valence-corrected chi connectivity index (χ1v) is 6.95. The average molecular weight is 315 g/mol. The van der Waals surface area contributed by atoms with Gasteiger partial charge in [-0.2, -0.15) is 0 Å². The van der Waals surface area contributed by atoms with Crippen LogP contribution in [-0.2, 0) is 4.79 Å². The molecule has 1 saturated heterocycles. The zero-order valence-corrected chi connectivity index (χ0v) is 11.6. The van der Waals surface area contributed by atoms with Gasteiger partial charge in [0.05, 0.1) is 11.7 Å². The molecule has 1 fully saturated rings. The normalized spacial score (nSPS) is 20.2. The van der Waals surface area contributed by atoms with Gasteiger partial charge in [-0.25, -0.2) is 4.39 Å². The van der Waals surface area contributed by atoms with Crippen LogP contribution in [0.3, 0.4) is 0 Å². The van der Waals surface area contributed by atoms with Crippen LogP contribution in [0.1, 0.15) is 25.7 Å². The summed E-state index contributed by atoms with van der Waals surface area (Å²) in [4.78, 5) is 12.1. The number of hydrogen-bond donors (Lipinski definition) is 2. The molecule has 0 spiro atoms. The van der Waals surface area contributed by atoms with Crippen molar-refractivity contribution in [2.24, 2.45) is 0 Å². The molecule has 98 valence electrons. The van der Waals surface area contributed by atoms with Gasteiger partial charge in [-0.3, -0.25) is 4.79 Å². The van der Waals surface area contributed by atoms with Crippen LogP contribution < -0.4 is 10.6 Å². The summed E-state index contributed by atoms with van der Waals surface area (Å²) in [5.41, 5.74) is 0.604. The van der Waals surface area contributed by atoms with E-state index in [1.807, 2.05) is 0 Å². The van der Waals surface area contributed by atoms with Crippen molar-refractivity contribution in [1.82, 2.24) is 5.32 Å². The predicted octanol–water partition coefficient (Wildman–Crippen LogP) is 3.06. The van der Waals surface area contributed by atoms with E-state index in [-0.39, 0.29) is 17.8 Å². The van der Waals surface area contributed by atoms with Gasteiger partial charge < -0.3 is 10.6 Å². The van der Waals surface area contributed by atoms with E-state index in [1.54, 1.807) is 6.07 Å². The molecule has 1 aromatic carbocycles. The van der Waals surface area contributed by atoms with E-state index < -0.39 is 0 Å². The highest BCUT2D eigenvalue weighted by atomic mass is 79.9. The molecule has 0 bridgehead atoms. The third kappa shape index (κ3) is 3.53. The predicted molar refractivity (Wildman–Crippen MR) is 73.0 cm³/mol. The molecule has 1 atom stereocenters. The van der Waals surface area contributed by atoms with Gasteiger partial charge in [-0.05, 0) is 53.5 Å².